The highest BCUT2D eigenvalue weighted by Crippen LogP contribution is 2.47. The molecule has 0 bridgehead atoms. The lowest BCUT2D eigenvalue weighted by molar-refractivity contribution is 0.117. The Kier molecular flexibility index (Phi) is 4.92. The first-order chi connectivity index (χ1) is 11.7. The van der Waals surface area contributed by atoms with Crippen LogP contribution >= 0.6 is 0 Å². The molecule has 1 fully saturated rings. The molecule has 0 aromatic heterocycles. The average molecular weight is 365 g/mol. The second-order valence-corrected chi connectivity index (χ2v) is 9.97. The zero-order chi connectivity index (χ0) is 18.2. The number of carbonyl (C=O) groups is 1. The predicted octanol–water partition coefficient (Wildman–Crippen LogP) is 2.76. The van der Waals surface area contributed by atoms with Crippen molar-refractivity contribution in [1.29, 1.82) is 0 Å². The molecule has 3 rings (SSSR count). The van der Waals surface area contributed by atoms with Crippen LogP contribution in [0.2, 0.25) is 0 Å². The number of nitrogens with one attached hydrogen (secondary N) is 2. The van der Waals surface area contributed by atoms with E-state index in [1.165, 1.54) is 10.5 Å². The smallest absolute Gasteiger partial charge is 0.407 e. The number of carboxylic acid groups (broad SMARTS) is 1. The van der Waals surface area contributed by atoms with E-state index in [0.717, 1.165) is 18.5 Å². The molecule has 7 heteroatoms. The number of hydrogen-bond acceptors (Lipinski definition) is 4. The fraction of sp³-hybridized carbons (Fsp3) is 0.611. The second-order valence-electron chi connectivity index (χ2n) is 7.92. The monoisotopic (exact) mass is 365 g/mol. The molecule has 0 saturated carbocycles. The Balaban J connectivity index is 1.80. The molecule has 1 saturated heterocycles. The van der Waals surface area contributed by atoms with Crippen molar-refractivity contribution >= 4 is 23.1 Å². The summed E-state index contributed by atoms with van der Waals surface area (Å²) in [5, 5.41) is 12.9. The van der Waals surface area contributed by atoms with Crippen LogP contribution in [-0.4, -0.2) is 50.6 Å². The van der Waals surface area contributed by atoms with Crippen molar-refractivity contribution < 1.29 is 14.5 Å². The number of para-hydroxylation sites is 1. The second kappa shape index (κ2) is 6.70. The number of nitrogens with zero attached hydrogens (tertiary/aromatic N) is 1. The van der Waals surface area contributed by atoms with Crippen molar-refractivity contribution in [2.24, 2.45) is 0 Å². The topological polar surface area (TPSA) is 87.7 Å². The van der Waals surface area contributed by atoms with Crippen molar-refractivity contribution in [1.82, 2.24) is 9.62 Å². The summed E-state index contributed by atoms with van der Waals surface area (Å²) in [7, 11) is 0. The van der Waals surface area contributed by atoms with Crippen molar-refractivity contribution in [2.45, 2.75) is 49.8 Å². The van der Waals surface area contributed by atoms with E-state index >= 15 is 0 Å². The van der Waals surface area contributed by atoms with Crippen molar-refractivity contribution in [3.63, 3.8) is 0 Å². The average Bonchev–Trinajstić information content (AvgIpc) is 2.85. The summed E-state index contributed by atoms with van der Waals surface area (Å²) in [5.41, 5.74) is 2.16. The molecular formula is C18H27N3O3S. The fourth-order valence-corrected chi connectivity index (χ4v) is 4.57. The van der Waals surface area contributed by atoms with Gasteiger partial charge in [0.05, 0.1) is 6.54 Å². The molecule has 0 radical (unpaired) electrons. The Morgan fingerprint density at radius 2 is 2.04 bits per heavy atom. The maximum absolute atomic E-state index is 12.4. The number of benzene rings is 1. The summed E-state index contributed by atoms with van der Waals surface area (Å²) in [4.78, 5) is 12.7. The zero-order valence-electron chi connectivity index (χ0n) is 15.0. The van der Waals surface area contributed by atoms with E-state index in [9.17, 15) is 14.5 Å². The number of anilines is 1. The molecule has 138 valence electrons. The van der Waals surface area contributed by atoms with Crippen LogP contribution in [0.25, 0.3) is 0 Å². The normalized spacial score (nSPS) is 23.2. The van der Waals surface area contributed by atoms with Crippen LogP contribution < -0.4 is 10.0 Å². The Labute approximate surface area is 152 Å². The van der Waals surface area contributed by atoms with Gasteiger partial charge in [-0.25, -0.2) is 4.79 Å². The Bertz CT molecular complexity index is 639. The quantitative estimate of drug-likeness (QED) is 0.717. The van der Waals surface area contributed by atoms with Gasteiger partial charge in [-0.15, -0.1) is 4.72 Å². The minimum atomic E-state index is -1.13. The molecule has 1 spiro atoms. The molecule has 1 unspecified atom stereocenters. The summed E-state index contributed by atoms with van der Waals surface area (Å²) in [5.74, 6) is 0.172. The molecule has 2 heterocycles. The van der Waals surface area contributed by atoms with Gasteiger partial charge in [-0.1, -0.05) is 18.2 Å². The van der Waals surface area contributed by atoms with Crippen LogP contribution in [0, 0.1) is 0 Å². The molecule has 2 atom stereocenters. The minimum Gasteiger partial charge on any atom is -0.598 e. The first-order valence-electron chi connectivity index (χ1n) is 8.73. The van der Waals surface area contributed by atoms with Gasteiger partial charge in [-0.2, -0.15) is 0 Å². The molecular weight excluding hydrogens is 338 g/mol. The third-order valence-corrected chi connectivity index (χ3v) is 6.83. The van der Waals surface area contributed by atoms with Crippen LogP contribution in [0.3, 0.4) is 0 Å². The van der Waals surface area contributed by atoms with Gasteiger partial charge in [-0.3, -0.25) is 0 Å². The largest absolute Gasteiger partial charge is 0.598 e. The number of piperidine rings is 1. The molecule has 2 aliphatic rings. The molecule has 6 nitrogen and oxygen atoms in total. The van der Waals surface area contributed by atoms with Crippen LogP contribution in [0.15, 0.2) is 24.3 Å². The Hall–Kier alpha value is -1.44. The lowest BCUT2D eigenvalue weighted by Crippen LogP contribution is -2.54. The number of fused-ring (bicyclic) bond motifs is 1. The summed E-state index contributed by atoms with van der Waals surface area (Å²) >= 11 is -1.13. The number of amides is 1. The number of hydrogen-bond donors (Lipinski definition) is 3. The van der Waals surface area contributed by atoms with E-state index in [1.807, 2.05) is 32.9 Å². The molecule has 2 aliphatic heterocycles. The summed E-state index contributed by atoms with van der Waals surface area (Å²) in [6.45, 7) is 7.53. The highest BCUT2D eigenvalue weighted by molar-refractivity contribution is 7.90. The van der Waals surface area contributed by atoms with Crippen LogP contribution in [0.5, 0.6) is 0 Å². The van der Waals surface area contributed by atoms with Gasteiger partial charge in [0.25, 0.3) is 0 Å². The van der Waals surface area contributed by atoms with Crippen molar-refractivity contribution in [3.05, 3.63) is 29.8 Å². The predicted molar refractivity (Wildman–Crippen MR) is 100 cm³/mol. The van der Waals surface area contributed by atoms with E-state index in [-0.39, 0.29) is 16.2 Å². The van der Waals surface area contributed by atoms with Crippen LogP contribution in [0.4, 0.5) is 10.5 Å². The number of likely N-dealkylation sites (tertiary alicyclic amines) is 1. The van der Waals surface area contributed by atoms with E-state index < -0.39 is 17.5 Å². The third-order valence-electron chi connectivity index (χ3n) is 5.29. The maximum atomic E-state index is 12.4. The van der Waals surface area contributed by atoms with Crippen molar-refractivity contribution in [2.75, 3.05) is 25.0 Å². The van der Waals surface area contributed by atoms with Crippen LogP contribution in [-0.2, 0) is 11.4 Å². The van der Waals surface area contributed by atoms with Gasteiger partial charge >= 0.3 is 6.09 Å². The van der Waals surface area contributed by atoms with Gasteiger partial charge in [0, 0.05) is 41.6 Å². The molecule has 1 amide bonds. The highest BCUT2D eigenvalue weighted by Gasteiger charge is 2.48. The molecule has 1 aromatic carbocycles. The highest BCUT2D eigenvalue weighted by atomic mass is 32.2. The van der Waals surface area contributed by atoms with Gasteiger partial charge in [0.2, 0.25) is 0 Å². The first-order valence-corrected chi connectivity index (χ1v) is 9.88. The zero-order valence-corrected chi connectivity index (χ0v) is 15.9. The molecule has 25 heavy (non-hydrogen) atoms. The molecule has 3 N–H and O–H groups in total. The van der Waals surface area contributed by atoms with E-state index in [4.69, 9.17) is 0 Å². The SMILES string of the molecule is CC(C)(C)[S+]([O-])NC[C@@H]1c2ccccc2NC12CCN(C(=O)O)CC2. The summed E-state index contributed by atoms with van der Waals surface area (Å²) < 4.78 is 15.3. The van der Waals surface area contributed by atoms with E-state index in [2.05, 4.69) is 22.2 Å². The van der Waals surface area contributed by atoms with Gasteiger partial charge < -0.3 is 19.9 Å². The molecule has 1 aromatic rings. The third kappa shape index (κ3) is 3.59. The summed E-state index contributed by atoms with van der Waals surface area (Å²) in [6.07, 6.45) is 0.652. The fourth-order valence-electron chi connectivity index (χ4n) is 3.82. The molecule has 0 aliphatic carbocycles. The lowest BCUT2D eigenvalue weighted by Gasteiger charge is -2.43. The summed E-state index contributed by atoms with van der Waals surface area (Å²) in [6, 6.07) is 8.23. The van der Waals surface area contributed by atoms with E-state index in [0.29, 0.717) is 19.6 Å². The van der Waals surface area contributed by atoms with Gasteiger partial charge in [0.1, 0.15) is 4.75 Å². The lowest BCUT2D eigenvalue weighted by atomic mass is 9.76. The van der Waals surface area contributed by atoms with Crippen LogP contribution in [0.1, 0.15) is 45.1 Å². The number of rotatable bonds is 3. The van der Waals surface area contributed by atoms with Gasteiger partial charge in [0.15, 0.2) is 0 Å². The first kappa shape index (κ1) is 18.4. The van der Waals surface area contributed by atoms with E-state index in [1.54, 1.807) is 0 Å². The minimum absolute atomic E-state index is 0.172. The Morgan fingerprint density at radius 3 is 2.64 bits per heavy atom. The maximum Gasteiger partial charge on any atom is 0.407 e. The standard InChI is InChI=1S/C18H27N3O3S/c1-17(2,3)25(24)19-12-14-13-6-4-5-7-15(13)20-18(14)8-10-21(11-9-18)16(22)23/h4-7,14,19-20H,8-12H2,1-3H3,(H,22,23)/t14-,25?/m1/s1. The van der Waals surface area contributed by atoms with Crippen molar-refractivity contribution in [3.8, 4) is 0 Å². The Morgan fingerprint density at radius 1 is 1.40 bits per heavy atom. The van der Waals surface area contributed by atoms with Gasteiger partial charge in [-0.05, 0) is 45.2 Å².